The molecule has 1 aliphatic rings. The minimum Gasteiger partial charge on any atom is -0.391 e. The molecule has 0 aromatic heterocycles. The molecule has 2 rings (SSSR count). The van der Waals surface area contributed by atoms with Crippen LogP contribution in [-0.4, -0.2) is 17.3 Å². The fourth-order valence-corrected chi connectivity index (χ4v) is 1.40. The molecule has 1 unspecified atom stereocenters. The van der Waals surface area contributed by atoms with Gasteiger partial charge in [0.15, 0.2) is 0 Å². The molecular weight excluding hydrogens is 152 g/mol. The molecule has 2 nitrogen and oxygen atoms in total. The zero-order valence-electron chi connectivity index (χ0n) is 6.97. The van der Waals surface area contributed by atoms with E-state index in [1.54, 1.807) is 6.92 Å². The monoisotopic (exact) mass is 164 g/mol. The van der Waals surface area contributed by atoms with Gasteiger partial charge in [-0.3, -0.25) is 0 Å². The van der Waals surface area contributed by atoms with Crippen LogP contribution in [0.4, 0.5) is 0 Å². The molecule has 3 atom stereocenters. The number of epoxide rings is 1. The van der Waals surface area contributed by atoms with E-state index in [0.717, 1.165) is 5.56 Å². The van der Waals surface area contributed by atoms with Crippen LogP contribution in [0.25, 0.3) is 0 Å². The highest BCUT2D eigenvalue weighted by Gasteiger charge is 2.43. The van der Waals surface area contributed by atoms with Gasteiger partial charge in [0.1, 0.15) is 12.2 Å². The summed E-state index contributed by atoms with van der Waals surface area (Å²) in [6.07, 6.45) is -0.242. The van der Waals surface area contributed by atoms with Crippen molar-refractivity contribution in [2.24, 2.45) is 0 Å². The summed E-state index contributed by atoms with van der Waals surface area (Å²) < 4.78 is 5.31. The molecule has 2 heteroatoms. The molecule has 0 spiro atoms. The largest absolute Gasteiger partial charge is 0.391 e. The number of aliphatic hydroxyl groups is 1. The molecule has 1 aliphatic heterocycles. The van der Waals surface area contributed by atoms with Crippen molar-refractivity contribution in [3.8, 4) is 0 Å². The van der Waals surface area contributed by atoms with E-state index in [4.69, 9.17) is 4.74 Å². The van der Waals surface area contributed by atoms with Crippen molar-refractivity contribution in [3.63, 3.8) is 0 Å². The molecule has 1 aromatic carbocycles. The molecule has 0 amide bonds. The van der Waals surface area contributed by atoms with Gasteiger partial charge in [0.25, 0.3) is 0 Å². The molecule has 1 heterocycles. The topological polar surface area (TPSA) is 32.8 Å². The van der Waals surface area contributed by atoms with E-state index in [1.165, 1.54) is 0 Å². The van der Waals surface area contributed by atoms with E-state index < -0.39 is 0 Å². The van der Waals surface area contributed by atoms with Crippen LogP contribution in [0.15, 0.2) is 30.3 Å². The molecule has 1 saturated heterocycles. The highest BCUT2D eigenvalue weighted by atomic mass is 16.6. The molecule has 12 heavy (non-hydrogen) atoms. The van der Waals surface area contributed by atoms with E-state index in [2.05, 4.69) is 0 Å². The second-order valence-electron chi connectivity index (χ2n) is 3.17. The first-order valence-corrected chi connectivity index (χ1v) is 4.17. The van der Waals surface area contributed by atoms with Gasteiger partial charge in [-0.2, -0.15) is 0 Å². The van der Waals surface area contributed by atoms with E-state index in [-0.39, 0.29) is 18.3 Å². The van der Waals surface area contributed by atoms with Crippen LogP contribution in [0.2, 0.25) is 0 Å². The highest BCUT2D eigenvalue weighted by Crippen LogP contribution is 2.40. The van der Waals surface area contributed by atoms with Crippen LogP contribution in [0.1, 0.15) is 18.6 Å². The van der Waals surface area contributed by atoms with Gasteiger partial charge in [-0.1, -0.05) is 30.3 Å². The zero-order valence-corrected chi connectivity index (χ0v) is 6.97. The first-order valence-electron chi connectivity index (χ1n) is 4.17. The normalized spacial score (nSPS) is 29.8. The smallest absolute Gasteiger partial charge is 0.114 e. The molecule has 1 fully saturated rings. The first kappa shape index (κ1) is 7.77. The average molecular weight is 164 g/mol. The summed E-state index contributed by atoms with van der Waals surface area (Å²) in [6.45, 7) is 1.76. The second-order valence-corrected chi connectivity index (χ2v) is 3.17. The average Bonchev–Trinajstić information content (AvgIpc) is 2.84. The zero-order chi connectivity index (χ0) is 8.55. The van der Waals surface area contributed by atoms with Gasteiger partial charge in [-0.15, -0.1) is 0 Å². The van der Waals surface area contributed by atoms with Crippen LogP contribution < -0.4 is 0 Å². The quantitative estimate of drug-likeness (QED) is 0.672. The van der Waals surface area contributed by atoms with Gasteiger partial charge >= 0.3 is 0 Å². The van der Waals surface area contributed by atoms with Gasteiger partial charge in [0.05, 0.1) is 6.10 Å². The van der Waals surface area contributed by atoms with Crippen LogP contribution in [0.3, 0.4) is 0 Å². The predicted molar refractivity (Wildman–Crippen MR) is 45.7 cm³/mol. The summed E-state index contributed by atoms with van der Waals surface area (Å²) in [5.41, 5.74) is 1.16. The van der Waals surface area contributed by atoms with E-state index in [1.807, 2.05) is 30.3 Å². The van der Waals surface area contributed by atoms with Gasteiger partial charge < -0.3 is 9.84 Å². The Kier molecular flexibility index (Phi) is 1.87. The maximum absolute atomic E-state index is 9.20. The van der Waals surface area contributed by atoms with Crippen molar-refractivity contribution >= 4 is 0 Å². The Morgan fingerprint density at radius 3 is 2.50 bits per heavy atom. The third-order valence-electron chi connectivity index (χ3n) is 2.13. The Bertz CT molecular complexity index is 256. The molecule has 64 valence electrons. The van der Waals surface area contributed by atoms with E-state index in [0.29, 0.717) is 0 Å². The highest BCUT2D eigenvalue weighted by molar-refractivity contribution is 5.22. The van der Waals surface area contributed by atoms with Crippen molar-refractivity contribution in [3.05, 3.63) is 35.9 Å². The summed E-state index contributed by atoms with van der Waals surface area (Å²) >= 11 is 0. The van der Waals surface area contributed by atoms with Gasteiger partial charge in [0, 0.05) is 0 Å². The number of benzene rings is 1. The van der Waals surface area contributed by atoms with E-state index >= 15 is 0 Å². The maximum Gasteiger partial charge on any atom is 0.114 e. The van der Waals surface area contributed by atoms with Gasteiger partial charge in [-0.25, -0.2) is 0 Å². The summed E-state index contributed by atoms with van der Waals surface area (Å²) in [4.78, 5) is 0. The lowest BCUT2D eigenvalue weighted by molar-refractivity contribution is 0.152. The lowest BCUT2D eigenvalue weighted by Gasteiger charge is -1.97. The minimum absolute atomic E-state index is 0.00685. The Labute approximate surface area is 71.8 Å². The van der Waals surface area contributed by atoms with Gasteiger partial charge in [-0.05, 0) is 12.5 Å². The Balaban J connectivity index is 2.06. The molecule has 1 N–H and O–H groups in total. The number of ether oxygens (including phenoxy) is 1. The number of rotatable bonds is 2. The lowest BCUT2D eigenvalue weighted by atomic mass is 10.1. The Morgan fingerprint density at radius 1 is 1.33 bits per heavy atom. The number of hydrogen-bond acceptors (Lipinski definition) is 2. The second kappa shape index (κ2) is 2.88. The van der Waals surface area contributed by atoms with Crippen LogP contribution >= 0.6 is 0 Å². The van der Waals surface area contributed by atoms with Crippen LogP contribution in [0, 0.1) is 0 Å². The molecule has 0 saturated carbocycles. The summed E-state index contributed by atoms with van der Waals surface area (Å²) in [7, 11) is 0. The minimum atomic E-state index is -0.366. The summed E-state index contributed by atoms with van der Waals surface area (Å²) in [5.74, 6) is 0. The Morgan fingerprint density at radius 2 is 2.00 bits per heavy atom. The van der Waals surface area contributed by atoms with E-state index in [9.17, 15) is 5.11 Å². The lowest BCUT2D eigenvalue weighted by Crippen LogP contribution is -2.09. The standard InChI is InChI=1S/C10H12O2/c1-7(11)9-10(12-9)8-5-3-2-4-6-8/h2-7,9-11H,1H3/t7-,9?,10-/m0/s1. The molecule has 0 aliphatic carbocycles. The fraction of sp³-hybridized carbons (Fsp3) is 0.400. The number of aliphatic hydroxyl groups excluding tert-OH is 1. The van der Waals surface area contributed by atoms with Crippen molar-refractivity contribution in [2.75, 3.05) is 0 Å². The molecule has 1 aromatic rings. The number of hydrogen-bond donors (Lipinski definition) is 1. The van der Waals surface area contributed by atoms with Crippen molar-refractivity contribution < 1.29 is 9.84 Å². The SMILES string of the molecule is C[C@H](O)C1O[C@H]1c1ccccc1. The summed E-state index contributed by atoms with van der Waals surface area (Å²) in [5, 5.41) is 9.20. The fourth-order valence-electron chi connectivity index (χ4n) is 1.40. The summed E-state index contributed by atoms with van der Waals surface area (Å²) in [6, 6.07) is 9.98. The van der Waals surface area contributed by atoms with Crippen LogP contribution in [0.5, 0.6) is 0 Å². The Hall–Kier alpha value is -0.860. The first-order chi connectivity index (χ1) is 5.79. The van der Waals surface area contributed by atoms with Crippen molar-refractivity contribution in [1.82, 2.24) is 0 Å². The van der Waals surface area contributed by atoms with Crippen LogP contribution in [-0.2, 0) is 4.74 Å². The molecule has 0 bridgehead atoms. The third kappa shape index (κ3) is 1.36. The maximum atomic E-state index is 9.20. The van der Waals surface area contributed by atoms with Crippen molar-refractivity contribution in [2.45, 2.75) is 25.2 Å². The van der Waals surface area contributed by atoms with Crippen molar-refractivity contribution in [1.29, 1.82) is 0 Å². The predicted octanol–water partition coefficient (Wildman–Crippen LogP) is 1.51. The molecular formula is C10H12O2. The third-order valence-corrected chi connectivity index (χ3v) is 2.13. The molecule has 0 radical (unpaired) electrons. The van der Waals surface area contributed by atoms with Gasteiger partial charge in [0.2, 0.25) is 0 Å².